The number of aromatic nitrogens is 2. The van der Waals surface area contributed by atoms with Gasteiger partial charge >= 0.3 is 0 Å². The summed E-state index contributed by atoms with van der Waals surface area (Å²) < 4.78 is 8.54. The first-order valence-electron chi connectivity index (χ1n) is 8.55. The lowest BCUT2D eigenvalue weighted by Crippen LogP contribution is -2.22. The van der Waals surface area contributed by atoms with E-state index in [1.54, 1.807) is 0 Å². The molecule has 5 nitrogen and oxygen atoms in total. The van der Waals surface area contributed by atoms with E-state index in [0.29, 0.717) is 5.75 Å². The van der Waals surface area contributed by atoms with Gasteiger partial charge in [-0.1, -0.05) is 18.2 Å². The number of anilines is 1. The minimum Gasteiger partial charge on any atom is -0.484 e. The summed E-state index contributed by atoms with van der Waals surface area (Å²) in [6.07, 6.45) is 2.97. The van der Waals surface area contributed by atoms with E-state index in [9.17, 15) is 4.79 Å². The Hall–Kier alpha value is -2.35. The lowest BCUT2D eigenvalue weighted by Gasteiger charge is -2.12. The van der Waals surface area contributed by atoms with Gasteiger partial charge in [0.1, 0.15) is 11.6 Å². The topological polar surface area (TPSA) is 56.1 Å². The van der Waals surface area contributed by atoms with Crippen molar-refractivity contribution in [1.29, 1.82) is 0 Å². The molecule has 26 heavy (non-hydrogen) atoms. The first-order chi connectivity index (χ1) is 12.7. The molecule has 132 valence electrons. The number of hydrogen-bond acceptors (Lipinski definition) is 3. The summed E-state index contributed by atoms with van der Waals surface area (Å²) in [5.41, 5.74) is 3.15. The fourth-order valence-corrected chi connectivity index (χ4v) is 3.48. The van der Waals surface area contributed by atoms with Crippen LogP contribution < -0.4 is 10.1 Å². The lowest BCUT2D eigenvalue weighted by atomic mass is 10.2. The van der Waals surface area contributed by atoms with E-state index in [2.05, 4.69) is 27.9 Å². The fourth-order valence-electron chi connectivity index (χ4n) is 3.12. The van der Waals surface area contributed by atoms with Gasteiger partial charge in [-0.15, -0.1) is 0 Å². The molecule has 1 aromatic heterocycles. The van der Waals surface area contributed by atoms with Crippen LogP contribution in [0.5, 0.6) is 5.75 Å². The van der Waals surface area contributed by atoms with Crippen molar-refractivity contribution in [3.63, 3.8) is 0 Å². The number of halogens is 1. The summed E-state index contributed by atoms with van der Waals surface area (Å²) in [5.74, 6) is 1.26. The minimum atomic E-state index is -0.185. The van der Waals surface area contributed by atoms with E-state index in [-0.39, 0.29) is 12.5 Å². The number of carbonyl (C=O) groups excluding carboxylic acids is 1. The monoisotopic (exact) mass is 459 g/mol. The van der Waals surface area contributed by atoms with E-state index in [1.165, 1.54) is 0 Å². The third-order valence-corrected chi connectivity index (χ3v) is 5.07. The second-order valence-corrected chi connectivity index (χ2v) is 7.41. The quantitative estimate of drug-likeness (QED) is 0.588. The third-order valence-electron chi connectivity index (χ3n) is 4.35. The zero-order valence-corrected chi connectivity index (χ0v) is 16.3. The van der Waals surface area contributed by atoms with Crippen LogP contribution in [-0.4, -0.2) is 22.3 Å². The summed E-state index contributed by atoms with van der Waals surface area (Å²) in [5, 5.41) is 7.71. The number of nitrogens with one attached hydrogen (secondary N) is 1. The number of nitrogens with zero attached hydrogens (tertiary/aromatic N) is 2. The van der Waals surface area contributed by atoms with E-state index in [0.717, 1.165) is 45.6 Å². The average molecular weight is 459 g/mol. The number of carbonyl (C=O) groups is 1. The van der Waals surface area contributed by atoms with Crippen molar-refractivity contribution in [3.8, 4) is 11.4 Å². The van der Waals surface area contributed by atoms with Crippen LogP contribution in [0.3, 0.4) is 0 Å². The van der Waals surface area contributed by atoms with Gasteiger partial charge in [0.05, 0.1) is 11.4 Å². The van der Waals surface area contributed by atoms with Gasteiger partial charge in [-0.2, -0.15) is 5.10 Å². The first kappa shape index (κ1) is 17.1. The van der Waals surface area contributed by atoms with Gasteiger partial charge < -0.3 is 10.1 Å². The molecular weight excluding hydrogens is 441 g/mol. The van der Waals surface area contributed by atoms with E-state index in [1.807, 2.05) is 59.3 Å². The van der Waals surface area contributed by atoms with Gasteiger partial charge in [0.25, 0.3) is 5.91 Å². The van der Waals surface area contributed by atoms with E-state index < -0.39 is 0 Å². The summed E-state index contributed by atoms with van der Waals surface area (Å²) in [4.78, 5) is 12.5. The van der Waals surface area contributed by atoms with Gasteiger partial charge in [-0.05, 0) is 78.3 Å². The molecule has 0 saturated carbocycles. The zero-order chi connectivity index (χ0) is 17.9. The molecule has 1 aliphatic rings. The molecule has 0 aliphatic heterocycles. The van der Waals surface area contributed by atoms with Crippen molar-refractivity contribution in [2.24, 2.45) is 0 Å². The molecule has 1 amide bonds. The number of hydrogen-bond donors (Lipinski definition) is 1. The van der Waals surface area contributed by atoms with Crippen molar-refractivity contribution >= 4 is 34.3 Å². The maximum Gasteiger partial charge on any atom is 0.263 e. The molecule has 2 aromatic carbocycles. The number of rotatable bonds is 5. The van der Waals surface area contributed by atoms with Crippen molar-refractivity contribution in [2.45, 2.75) is 19.3 Å². The highest BCUT2D eigenvalue weighted by Crippen LogP contribution is 2.30. The van der Waals surface area contributed by atoms with Crippen LogP contribution >= 0.6 is 22.6 Å². The summed E-state index contributed by atoms with van der Waals surface area (Å²) in [6.45, 7) is -0.0324. The van der Waals surface area contributed by atoms with Crippen molar-refractivity contribution < 1.29 is 9.53 Å². The van der Waals surface area contributed by atoms with Gasteiger partial charge in [0.15, 0.2) is 6.61 Å². The van der Waals surface area contributed by atoms with Crippen molar-refractivity contribution in [3.05, 3.63) is 69.4 Å². The molecule has 1 aliphatic carbocycles. The Morgan fingerprint density at radius 2 is 1.88 bits per heavy atom. The van der Waals surface area contributed by atoms with Crippen LogP contribution in [0.25, 0.3) is 5.69 Å². The number of para-hydroxylation sites is 1. The SMILES string of the molecule is O=C(COc1ccc(I)cc1)Nc1c2c(nn1-c1ccccc1)CCC2. The van der Waals surface area contributed by atoms with Crippen LogP contribution in [0.15, 0.2) is 54.6 Å². The fraction of sp³-hybridized carbons (Fsp3) is 0.200. The second-order valence-electron chi connectivity index (χ2n) is 6.17. The van der Waals surface area contributed by atoms with Gasteiger partial charge in [0.2, 0.25) is 0 Å². The molecule has 0 atom stereocenters. The van der Waals surface area contributed by atoms with Crippen LogP contribution in [0.1, 0.15) is 17.7 Å². The minimum absolute atomic E-state index is 0.0324. The largest absolute Gasteiger partial charge is 0.484 e. The molecule has 0 saturated heterocycles. The smallest absolute Gasteiger partial charge is 0.263 e. The standard InChI is InChI=1S/C20H18IN3O2/c21-14-9-11-16(12-10-14)26-13-19(25)22-20-17-7-4-8-18(17)23-24(20)15-5-2-1-3-6-15/h1-3,5-6,9-12H,4,7-8,13H2,(H,22,25). The molecule has 0 unspecified atom stereocenters. The average Bonchev–Trinajstić information content (AvgIpc) is 3.25. The lowest BCUT2D eigenvalue weighted by molar-refractivity contribution is -0.118. The van der Waals surface area contributed by atoms with Gasteiger partial charge in [-0.25, -0.2) is 4.68 Å². The number of fused-ring (bicyclic) bond motifs is 1. The second kappa shape index (κ2) is 7.49. The first-order valence-corrected chi connectivity index (χ1v) is 9.63. The summed E-state index contributed by atoms with van der Waals surface area (Å²) >= 11 is 2.23. The molecule has 3 aromatic rings. The van der Waals surface area contributed by atoms with Crippen LogP contribution in [-0.2, 0) is 17.6 Å². The predicted molar refractivity (Wildman–Crippen MR) is 109 cm³/mol. The molecule has 1 heterocycles. The molecule has 1 N–H and O–H groups in total. The molecule has 6 heteroatoms. The predicted octanol–water partition coefficient (Wildman–Crippen LogP) is 3.98. The molecule has 0 radical (unpaired) electrons. The van der Waals surface area contributed by atoms with Crippen LogP contribution in [0.2, 0.25) is 0 Å². The van der Waals surface area contributed by atoms with Crippen molar-refractivity contribution in [1.82, 2.24) is 9.78 Å². The number of aryl methyl sites for hydroxylation is 1. The number of ether oxygens (including phenoxy) is 1. The highest BCUT2D eigenvalue weighted by molar-refractivity contribution is 14.1. The Kier molecular flexibility index (Phi) is 4.92. The van der Waals surface area contributed by atoms with E-state index >= 15 is 0 Å². The third kappa shape index (κ3) is 3.60. The Labute approximate surface area is 165 Å². The molecule has 0 spiro atoms. The summed E-state index contributed by atoms with van der Waals surface area (Å²) in [7, 11) is 0. The van der Waals surface area contributed by atoms with E-state index in [4.69, 9.17) is 9.84 Å². The Morgan fingerprint density at radius 1 is 1.12 bits per heavy atom. The molecule has 0 bridgehead atoms. The Bertz CT molecular complexity index is 920. The molecule has 0 fully saturated rings. The number of benzene rings is 2. The van der Waals surface area contributed by atoms with Crippen molar-refractivity contribution in [2.75, 3.05) is 11.9 Å². The van der Waals surface area contributed by atoms with Crippen LogP contribution in [0, 0.1) is 3.57 Å². The highest BCUT2D eigenvalue weighted by Gasteiger charge is 2.24. The Morgan fingerprint density at radius 3 is 2.65 bits per heavy atom. The van der Waals surface area contributed by atoms with Crippen LogP contribution in [0.4, 0.5) is 5.82 Å². The van der Waals surface area contributed by atoms with Gasteiger partial charge in [0, 0.05) is 9.13 Å². The van der Waals surface area contributed by atoms with Gasteiger partial charge in [-0.3, -0.25) is 4.79 Å². The molecular formula is C20H18IN3O2. The Balaban J connectivity index is 1.52. The maximum absolute atomic E-state index is 12.5. The highest BCUT2D eigenvalue weighted by atomic mass is 127. The maximum atomic E-state index is 12.5. The number of amides is 1. The summed E-state index contributed by atoms with van der Waals surface area (Å²) in [6, 6.07) is 17.5. The zero-order valence-electron chi connectivity index (χ0n) is 14.1. The normalized spacial score (nSPS) is 12.7. The molecule has 4 rings (SSSR count).